The molecule has 0 rings (SSSR count). The molecule has 0 aromatic rings. The Morgan fingerprint density at radius 3 is 1.83 bits per heavy atom. The molecule has 0 aliphatic rings. The van der Waals surface area contributed by atoms with Crippen LogP contribution in [0.25, 0.3) is 0 Å². The number of rotatable bonds is 1. The molecule has 0 aromatic carbocycles. The van der Waals surface area contributed by atoms with Crippen molar-refractivity contribution in [2.24, 2.45) is 0 Å². The predicted octanol–water partition coefficient (Wildman–Crippen LogP) is 1.82. The maximum absolute atomic E-state index is 3.67. The quantitative estimate of drug-likeness (QED) is 0.585. The Labute approximate surface area is 72.8 Å². The molecule has 0 bridgehead atoms. The van der Waals surface area contributed by atoms with Gasteiger partial charge in [-0.05, 0) is 0 Å². The van der Waals surface area contributed by atoms with E-state index < -0.39 is 0 Å². The van der Waals surface area contributed by atoms with E-state index in [0.717, 1.165) is 6.42 Å². The van der Waals surface area contributed by atoms with Crippen LogP contribution in [0.2, 0.25) is 0 Å². The third-order valence-electron chi connectivity index (χ3n) is 0.604. The summed E-state index contributed by atoms with van der Waals surface area (Å²) in [6.07, 6.45) is 1.11. The minimum Gasteiger partial charge on any atom is -0.339 e. The molecule has 0 nitrogen and oxygen atoms in total. The first kappa shape index (κ1) is 10.3. The van der Waals surface area contributed by atoms with Crippen LogP contribution >= 0.6 is 0 Å². The average molecular weight is 215 g/mol. The molecule has 0 aliphatic heterocycles. The Morgan fingerprint density at radius 2 is 1.83 bits per heavy atom. The summed E-state index contributed by atoms with van der Waals surface area (Å²) in [5, 5.41) is 0. The normalized spacial score (nSPS) is 8.00. The van der Waals surface area contributed by atoms with Gasteiger partial charge in [0.15, 0.2) is 0 Å². The van der Waals surface area contributed by atoms with Gasteiger partial charge in [-0.2, -0.15) is 5.92 Å². The van der Waals surface area contributed by atoms with Crippen molar-refractivity contribution in [3.05, 3.63) is 12.8 Å². The predicted molar refractivity (Wildman–Crippen MR) is 24.6 cm³/mol. The summed E-state index contributed by atoms with van der Waals surface area (Å²) >= 11 is 0. The van der Waals surface area contributed by atoms with Crippen molar-refractivity contribution in [1.82, 2.24) is 0 Å². The monoisotopic (exact) mass is 215 g/mol. The van der Waals surface area contributed by atoms with Crippen LogP contribution in [0.4, 0.5) is 0 Å². The molecule has 0 unspecified atom stereocenters. The minimum atomic E-state index is 0. The molecule has 0 spiro atoms. The van der Waals surface area contributed by atoms with Crippen LogP contribution in [0.15, 0.2) is 0 Å². The van der Waals surface area contributed by atoms with E-state index in [1.165, 1.54) is 5.92 Å². The van der Waals surface area contributed by atoms with Gasteiger partial charge in [-0.25, -0.2) is 0 Å². The molecule has 2 radical (unpaired) electrons. The molecule has 1 heteroatoms. The molecule has 0 saturated heterocycles. The van der Waals surface area contributed by atoms with Gasteiger partial charge in [0.05, 0.1) is 0 Å². The van der Waals surface area contributed by atoms with Crippen LogP contribution in [-0.2, 0) is 0 Å². The fraction of sp³-hybridized carbons (Fsp3) is 0.600. The van der Waals surface area contributed by atoms with Gasteiger partial charge in [-0.1, -0.05) is 20.3 Å². The van der Waals surface area contributed by atoms with E-state index >= 15 is 0 Å². The zero-order valence-corrected chi connectivity index (χ0v) is 7.23. The summed E-state index contributed by atoms with van der Waals surface area (Å²) in [4.78, 5) is 0. The van der Waals surface area contributed by atoms with Crippen molar-refractivity contribution >= 4 is 0 Å². The van der Waals surface area contributed by atoms with Gasteiger partial charge in [0.1, 0.15) is 0 Å². The first-order valence-corrected chi connectivity index (χ1v) is 1.91. The SMILES string of the molecule is [CH2-][C](C)CC.[Pm]. The van der Waals surface area contributed by atoms with Crippen molar-refractivity contribution < 1.29 is 40.4 Å². The topological polar surface area (TPSA) is 0 Å². The molecular formula is C5H10Pm-. The molecule has 0 aliphatic carbocycles. The summed E-state index contributed by atoms with van der Waals surface area (Å²) < 4.78 is 0. The van der Waals surface area contributed by atoms with E-state index in [9.17, 15) is 0 Å². The Bertz CT molecular complexity index is 17.9. The summed E-state index contributed by atoms with van der Waals surface area (Å²) in [5.74, 6) is 1.25. The molecule has 0 N–H and O–H groups in total. The van der Waals surface area contributed by atoms with Gasteiger partial charge in [-0.15, -0.1) is 0 Å². The molecule has 0 fully saturated rings. The Hall–Kier alpha value is 1.34. The van der Waals surface area contributed by atoms with E-state index in [1.807, 2.05) is 6.92 Å². The van der Waals surface area contributed by atoms with Crippen molar-refractivity contribution in [3.63, 3.8) is 0 Å². The van der Waals surface area contributed by atoms with Gasteiger partial charge in [0, 0.05) is 40.4 Å². The summed E-state index contributed by atoms with van der Waals surface area (Å²) in [5.41, 5.74) is 0. The van der Waals surface area contributed by atoms with Gasteiger partial charge in [0.2, 0.25) is 0 Å². The van der Waals surface area contributed by atoms with Crippen LogP contribution in [0, 0.1) is 53.2 Å². The third kappa shape index (κ3) is 9.02. The van der Waals surface area contributed by atoms with Crippen LogP contribution in [-0.4, -0.2) is 0 Å². The summed E-state index contributed by atoms with van der Waals surface area (Å²) in [6, 6.07) is 0. The standard InChI is InChI=1S/C5H10.Pm/c1-4-5(2)3;/h2,4H2,1,3H3;/q-1;. The van der Waals surface area contributed by atoms with Crippen LogP contribution < -0.4 is 0 Å². The third-order valence-corrected chi connectivity index (χ3v) is 0.604. The molecule has 0 atom stereocenters. The van der Waals surface area contributed by atoms with Crippen molar-refractivity contribution in [2.75, 3.05) is 0 Å². The first-order valence-electron chi connectivity index (χ1n) is 1.91. The molecule has 0 aromatic heterocycles. The Kier molecular flexibility index (Phi) is 10.9. The van der Waals surface area contributed by atoms with E-state index in [1.54, 1.807) is 0 Å². The molecule has 0 heterocycles. The van der Waals surface area contributed by atoms with Crippen LogP contribution in [0.5, 0.6) is 0 Å². The molecule has 0 saturated carbocycles. The number of hydrogen-bond donors (Lipinski definition) is 0. The Balaban J connectivity index is 0. The van der Waals surface area contributed by atoms with Gasteiger partial charge >= 0.3 is 0 Å². The van der Waals surface area contributed by atoms with Crippen LogP contribution in [0.3, 0.4) is 0 Å². The van der Waals surface area contributed by atoms with Gasteiger partial charge in [-0.3, -0.25) is 0 Å². The summed E-state index contributed by atoms with van der Waals surface area (Å²) in [7, 11) is 0. The zero-order valence-electron chi connectivity index (χ0n) is 4.36. The Morgan fingerprint density at radius 1 is 1.67 bits per heavy atom. The molecule has 36 valence electrons. The van der Waals surface area contributed by atoms with Crippen LogP contribution in [0.1, 0.15) is 20.3 Å². The average Bonchev–Trinajstić information content (AvgIpc) is 1.38. The van der Waals surface area contributed by atoms with E-state index in [2.05, 4.69) is 13.8 Å². The largest absolute Gasteiger partial charge is 0.339 e. The van der Waals surface area contributed by atoms with Crippen molar-refractivity contribution in [1.29, 1.82) is 0 Å². The molecule has 0 amide bonds. The second-order valence-corrected chi connectivity index (χ2v) is 1.31. The van der Waals surface area contributed by atoms with Crippen molar-refractivity contribution in [2.45, 2.75) is 20.3 Å². The summed E-state index contributed by atoms with van der Waals surface area (Å²) in [6.45, 7) is 7.80. The van der Waals surface area contributed by atoms with Crippen molar-refractivity contribution in [3.8, 4) is 0 Å². The second-order valence-electron chi connectivity index (χ2n) is 1.31. The smallest absolute Gasteiger partial charge is 0 e. The van der Waals surface area contributed by atoms with E-state index in [4.69, 9.17) is 0 Å². The molecular weight excluding hydrogens is 205 g/mol. The van der Waals surface area contributed by atoms with E-state index in [0.29, 0.717) is 0 Å². The fourth-order valence-corrected chi connectivity index (χ4v) is 0. The fourth-order valence-electron chi connectivity index (χ4n) is 0. The maximum Gasteiger partial charge on any atom is 0 e. The van der Waals surface area contributed by atoms with Gasteiger partial charge < -0.3 is 6.92 Å². The molecule has 6 heavy (non-hydrogen) atoms. The number of hydrogen-bond acceptors (Lipinski definition) is 0. The first-order chi connectivity index (χ1) is 2.27. The minimum absolute atomic E-state index is 0. The van der Waals surface area contributed by atoms with E-state index in [-0.39, 0.29) is 40.4 Å². The van der Waals surface area contributed by atoms with Gasteiger partial charge in [0.25, 0.3) is 0 Å². The zero-order chi connectivity index (χ0) is 4.28. The second kappa shape index (κ2) is 6.34. The maximum atomic E-state index is 3.67.